The van der Waals surface area contributed by atoms with E-state index in [-0.39, 0.29) is 23.8 Å². The van der Waals surface area contributed by atoms with E-state index in [1.807, 2.05) is 37.3 Å². The van der Waals surface area contributed by atoms with Crippen molar-refractivity contribution in [2.24, 2.45) is 5.73 Å². The van der Waals surface area contributed by atoms with Crippen molar-refractivity contribution in [2.75, 3.05) is 26.9 Å². The fraction of sp³-hybridized carbons (Fsp3) is 0.409. The number of methoxy groups -OCH3 is 1. The van der Waals surface area contributed by atoms with Gasteiger partial charge >= 0.3 is 0 Å². The molecule has 2 aromatic heterocycles. The molecule has 0 unspecified atom stereocenters. The Morgan fingerprint density at radius 3 is 2.82 bits per heavy atom. The third-order valence-electron chi connectivity index (χ3n) is 5.15. The predicted molar refractivity (Wildman–Crippen MR) is 118 cm³/mol. The topological polar surface area (TPSA) is 139 Å². The summed E-state index contributed by atoms with van der Waals surface area (Å²) >= 11 is 0. The fourth-order valence-corrected chi connectivity index (χ4v) is 3.41. The van der Waals surface area contributed by atoms with Gasteiger partial charge in [0.25, 0.3) is 5.91 Å². The molecule has 1 fully saturated rings. The van der Waals surface area contributed by atoms with Crippen LogP contribution in [0.25, 0.3) is 11.4 Å². The molecule has 0 aliphatic carbocycles. The highest BCUT2D eigenvalue weighted by Gasteiger charge is 2.23. The van der Waals surface area contributed by atoms with Crippen LogP contribution in [0.1, 0.15) is 21.7 Å². The number of nitrogens with zero attached hydrogens (tertiary/aromatic N) is 5. The molecule has 1 aliphatic heterocycles. The molecule has 4 rings (SSSR count). The van der Waals surface area contributed by atoms with Crippen LogP contribution in [0.2, 0.25) is 0 Å². The molecule has 174 valence electrons. The van der Waals surface area contributed by atoms with Crippen LogP contribution in [0.5, 0.6) is 5.75 Å². The molecule has 33 heavy (non-hydrogen) atoms. The number of amides is 1. The summed E-state index contributed by atoms with van der Waals surface area (Å²) in [5, 5.41) is 15.5. The number of rotatable bonds is 8. The van der Waals surface area contributed by atoms with Crippen LogP contribution in [-0.4, -0.2) is 70.2 Å². The molecule has 0 bridgehead atoms. The van der Waals surface area contributed by atoms with Gasteiger partial charge in [-0.3, -0.25) is 4.79 Å². The zero-order valence-corrected chi connectivity index (χ0v) is 18.6. The number of tetrazole rings is 1. The van der Waals surface area contributed by atoms with Gasteiger partial charge in [0, 0.05) is 24.3 Å². The molecule has 3 N–H and O–H groups in total. The summed E-state index contributed by atoms with van der Waals surface area (Å²) < 4.78 is 16.6. The highest BCUT2D eigenvalue weighted by atomic mass is 16.6. The van der Waals surface area contributed by atoms with E-state index in [0.717, 1.165) is 11.3 Å². The number of nitrogens with two attached hydrogens (primary N) is 1. The van der Waals surface area contributed by atoms with Gasteiger partial charge < -0.3 is 25.3 Å². The molecular weight excluding hydrogens is 426 g/mol. The number of pyridine rings is 1. The molecule has 0 radical (unpaired) electrons. The van der Waals surface area contributed by atoms with Gasteiger partial charge in [-0.15, -0.1) is 10.2 Å². The molecule has 1 saturated heterocycles. The minimum absolute atomic E-state index is 0.0752. The zero-order chi connectivity index (χ0) is 23.2. The number of aromatic nitrogens is 5. The second-order valence-corrected chi connectivity index (χ2v) is 7.73. The maximum atomic E-state index is 12.7. The summed E-state index contributed by atoms with van der Waals surface area (Å²) in [6.07, 6.45) is -0.249. The van der Waals surface area contributed by atoms with Gasteiger partial charge in [-0.05, 0) is 42.0 Å². The first-order valence-corrected chi connectivity index (χ1v) is 10.7. The first kappa shape index (κ1) is 22.8. The molecule has 3 aromatic rings. The number of nitrogens with one attached hydrogen (secondary N) is 1. The van der Waals surface area contributed by atoms with E-state index in [9.17, 15) is 4.79 Å². The monoisotopic (exact) mass is 453 g/mol. The van der Waals surface area contributed by atoms with Crippen molar-refractivity contribution in [3.05, 3.63) is 53.3 Å². The quantitative estimate of drug-likeness (QED) is 0.505. The summed E-state index contributed by atoms with van der Waals surface area (Å²) in [4.78, 5) is 18.5. The Labute approximate surface area is 191 Å². The van der Waals surface area contributed by atoms with E-state index in [4.69, 9.17) is 19.9 Å². The average Bonchev–Trinajstić information content (AvgIpc) is 3.31. The Kier molecular flexibility index (Phi) is 7.23. The third kappa shape index (κ3) is 5.89. The van der Waals surface area contributed by atoms with Crippen LogP contribution >= 0.6 is 0 Å². The van der Waals surface area contributed by atoms with Crippen LogP contribution in [0.3, 0.4) is 0 Å². The van der Waals surface area contributed by atoms with Gasteiger partial charge in [0.05, 0.1) is 33.0 Å². The minimum Gasteiger partial charge on any atom is -0.497 e. The molecule has 0 saturated carbocycles. The average molecular weight is 454 g/mol. The van der Waals surface area contributed by atoms with E-state index in [0.29, 0.717) is 49.9 Å². The van der Waals surface area contributed by atoms with Crippen molar-refractivity contribution in [2.45, 2.75) is 32.2 Å². The highest BCUT2D eigenvalue weighted by molar-refractivity contribution is 5.93. The van der Waals surface area contributed by atoms with E-state index in [1.54, 1.807) is 13.2 Å². The highest BCUT2D eigenvalue weighted by Crippen LogP contribution is 2.17. The van der Waals surface area contributed by atoms with Crippen molar-refractivity contribution < 1.29 is 19.0 Å². The summed E-state index contributed by atoms with van der Waals surface area (Å²) in [6.45, 7) is 3.86. The molecule has 11 heteroatoms. The summed E-state index contributed by atoms with van der Waals surface area (Å²) in [6, 6.07) is 11.0. The Hall–Kier alpha value is -3.41. The van der Waals surface area contributed by atoms with E-state index < -0.39 is 0 Å². The number of benzene rings is 1. The number of hydrogen-bond acceptors (Lipinski definition) is 9. The summed E-state index contributed by atoms with van der Waals surface area (Å²) in [5.74, 6) is 0.840. The van der Waals surface area contributed by atoms with E-state index in [2.05, 4.69) is 25.7 Å². The van der Waals surface area contributed by atoms with Gasteiger partial charge in [-0.25, -0.2) is 4.98 Å². The number of ether oxygens (including phenoxy) is 3. The van der Waals surface area contributed by atoms with Crippen molar-refractivity contribution in [3.8, 4) is 17.1 Å². The normalized spacial score (nSPS) is 18.2. The van der Waals surface area contributed by atoms with Gasteiger partial charge in [0.15, 0.2) is 0 Å². The lowest BCUT2D eigenvalue weighted by Crippen LogP contribution is -2.41. The maximum absolute atomic E-state index is 12.7. The lowest BCUT2D eigenvalue weighted by molar-refractivity contribution is -0.135. The number of carbonyl (C=O) groups excluding carboxylic acids is 1. The first-order chi connectivity index (χ1) is 16.0. The summed E-state index contributed by atoms with van der Waals surface area (Å²) in [7, 11) is 1.60. The molecule has 1 aliphatic rings. The molecule has 0 spiro atoms. The molecular formula is C22H27N7O4. The van der Waals surface area contributed by atoms with Gasteiger partial charge in [-0.1, -0.05) is 12.1 Å². The number of carbonyl (C=O) groups is 1. The molecule has 3 heterocycles. The van der Waals surface area contributed by atoms with Gasteiger partial charge in [-0.2, -0.15) is 4.80 Å². The van der Waals surface area contributed by atoms with Crippen LogP contribution in [-0.2, 0) is 22.6 Å². The SMILES string of the molecule is COc1cccc(CNC(=O)c2cc(-c3nnn(C[C@@H]4CO[C@@H](CN)CO4)n3)cc(C)n2)c1. The van der Waals surface area contributed by atoms with Crippen LogP contribution in [0, 0.1) is 6.92 Å². The number of hydrogen-bond donors (Lipinski definition) is 2. The van der Waals surface area contributed by atoms with Crippen LogP contribution < -0.4 is 15.8 Å². The maximum Gasteiger partial charge on any atom is 0.270 e. The molecule has 1 aromatic carbocycles. The second kappa shape index (κ2) is 10.5. The predicted octanol–water partition coefficient (Wildman–Crippen LogP) is 0.725. The Bertz CT molecular complexity index is 1100. The minimum atomic E-state index is -0.294. The molecule has 2 atom stereocenters. The number of aryl methyl sites for hydroxylation is 1. The van der Waals surface area contributed by atoms with Crippen molar-refractivity contribution in [1.82, 2.24) is 30.5 Å². The van der Waals surface area contributed by atoms with Crippen molar-refractivity contribution in [3.63, 3.8) is 0 Å². The Morgan fingerprint density at radius 2 is 2.06 bits per heavy atom. The summed E-state index contributed by atoms with van der Waals surface area (Å²) in [5.41, 5.74) is 8.12. The Balaban J connectivity index is 1.41. The smallest absolute Gasteiger partial charge is 0.270 e. The van der Waals surface area contributed by atoms with Gasteiger partial charge in [0.1, 0.15) is 17.5 Å². The standard InChI is InChI=1S/C22H27N7O4/c1-14-6-16(21-26-28-29(27-21)11-19-13-32-18(9-23)12-33-19)8-20(25-14)22(30)24-10-15-4-3-5-17(7-15)31-2/h3-8,18-19H,9-13,23H2,1-2H3,(H,24,30)/t18-,19+/m0/s1. The van der Waals surface area contributed by atoms with Crippen molar-refractivity contribution >= 4 is 5.91 Å². The molecule has 11 nitrogen and oxygen atoms in total. The van der Waals surface area contributed by atoms with Crippen LogP contribution in [0.4, 0.5) is 0 Å². The zero-order valence-electron chi connectivity index (χ0n) is 18.6. The second-order valence-electron chi connectivity index (χ2n) is 7.73. The molecule has 1 amide bonds. The van der Waals surface area contributed by atoms with E-state index in [1.165, 1.54) is 4.80 Å². The van der Waals surface area contributed by atoms with Gasteiger partial charge in [0.2, 0.25) is 5.82 Å². The third-order valence-corrected chi connectivity index (χ3v) is 5.15. The van der Waals surface area contributed by atoms with Crippen LogP contribution in [0.15, 0.2) is 36.4 Å². The largest absolute Gasteiger partial charge is 0.497 e. The lowest BCUT2D eigenvalue weighted by Gasteiger charge is -2.28. The van der Waals surface area contributed by atoms with Crippen molar-refractivity contribution in [1.29, 1.82) is 0 Å². The first-order valence-electron chi connectivity index (χ1n) is 10.7. The Morgan fingerprint density at radius 1 is 1.24 bits per heavy atom. The fourth-order valence-electron chi connectivity index (χ4n) is 3.41. The lowest BCUT2D eigenvalue weighted by atomic mass is 10.1. The van der Waals surface area contributed by atoms with E-state index >= 15 is 0 Å².